The van der Waals surface area contributed by atoms with Crippen LogP contribution in [0.2, 0.25) is 0 Å². The summed E-state index contributed by atoms with van der Waals surface area (Å²) in [6.45, 7) is 6.75. The van der Waals surface area contributed by atoms with E-state index in [1.807, 2.05) is 0 Å². The largest absolute Gasteiger partial charge is 0.396 e. The van der Waals surface area contributed by atoms with E-state index in [0.29, 0.717) is 24.0 Å². The second-order valence-corrected chi connectivity index (χ2v) is 5.53. The van der Waals surface area contributed by atoms with E-state index in [1.54, 1.807) is 0 Å². The molecule has 84 valence electrons. The van der Waals surface area contributed by atoms with Crippen molar-refractivity contribution in [2.75, 3.05) is 6.61 Å². The van der Waals surface area contributed by atoms with Gasteiger partial charge in [0, 0.05) is 13.0 Å². The number of hydrogen-bond acceptors (Lipinski definition) is 2. The lowest BCUT2D eigenvalue weighted by atomic mass is 10.00. The molecule has 15 heavy (non-hydrogen) atoms. The van der Waals surface area contributed by atoms with E-state index in [0.717, 1.165) is 18.4 Å². The van der Waals surface area contributed by atoms with Crippen molar-refractivity contribution in [1.29, 1.82) is 0 Å². The first kappa shape index (κ1) is 10.9. The zero-order chi connectivity index (χ0) is 11.2. The molecule has 1 fully saturated rings. The number of carbonyl (C=O) groups is 1. The summed E-state index contributed by atoms with van der Waals surface area (Å²) in [5.74, 6) is 1.28. The Morgan fingerprint density at radius 3 is 2.53 bits per heavy atom. The van der Waals surface area contributed by atoms with Gasteiger partial charge in [0.05, 0.1) is 0 Å². The molecule has 0 aliphatic heterocycles. The zero-order valence-electron chi connectivity index (χ0n) is 9.84. The molecule has 1 saturated carbocycles. The third-order valence-electron chi connectivity index (χ3n) is 4.29. The summed E-state index contributed by atoms with van der Waals surface area (Å²) in [7, 11) is 0. The Morgan fingerprint density at radius 1 is 1.40 bits per heavy atom. The summed E-state index contributed by atoms with van der Waals surface area (Å²) in [5.41, 5.74) is 2.61. The Balaban J connectivity index is 2.20. The third kappa shape index (κ3) is 1.55. The van der Waals surface area contributed by atoms with Crippen LogP contribution >= 0.6 is 0 Å². The van der Waals surface area contributed by atoms with Crippen LogP contribution in [0.25, 0.3) is 0 Å². The minimum atomic E-state index is 0.222. The van der Waals surface area contributed by atoms with Gasteiger partial charge in [0.25, 0.3) is 0 Å². The van der Waals surface area contributed by atoms with Gasteiger partial charge in [-0.25, -0.2) is 0 Å². The minimum Gasteiger partial charge on any atom is -0.396 e. The van der Waals surface area contributed by atoms with Crippen molar-refractivity contribution in [1.82, 2.24) is 0 Å². The topological polar surface area (TPSA) is 37.3 Å². The molecule has 0 aromatic carbocycles. The molecule has 0 bridgehead atoms. The quantitative estimate of drug-likeness (QED) is 0.772. The SMILES string of the molecule is CC1=C(C2C(CCO)C2(C)C)C(=O)CC1. The monoisotopic (exact) mass is 208 g/mol. The van der Waals surface area contributed by atoms with Crippen LogP contribution in [0, 0.1) is 17.3 Å². The molecule has 0 amide bonds. The number of aliphatic hydroxyl groups excluding tert-OH is 1. The first-order valence-corrected chi connectivity index (χ1v) is 5.84. The van der Waals surface area contributed by atoms with Crippen LogP contribution < -0.4 is 0 Å². The van der Waals surface area contributed by atoms with Crippen molar-refractivity contribution in [2.24, 2.45) is 17.3 Å². The smallest absolute Gasteiger partial charge is 0.159 e. The Bertz CT molecular complexity index is 325. The Morgan fingerprint density at radius 2 is 2.07 bits per heavy atom. The summed E-state index contributed by atoms with van der Waals surface area (Å²) in [6, 6.07) is 0. The normalized spacial score (nSPS) is 33.7. The second-order valence-electron chi connectivity index (χ2n) is 5.53. The molecule has 2 unspecified atom stereocenters. The van der Waals surface area contributed by atoms with E-state index in [-0.39, 0.29) is 12.0 Å². The van der Waals surface area contributed by atoms with Gasteiger partial charge in [-0.1, -0.05) is 19.4 Å². The highest BCUT2D eigenvalue weighted by Crippen LogP contribution is 2.64. The number of aliphatic hydroxyl groups is 1. The van der Waals surface area contributed by atoms with E-state index in [1.165, 1.54) is 5.57 Å². The average Bonchev–Trinajstić information content (AvgIpc) is 2.51. The summed E-state index contributed by atoms with van der Waals surface area (Å²) >= 11 is 0. The third-order valence-corrected chi connectivity index (χ3v) is 4.29. The van der Waals surface area contributed by atoms with Crippen molar-refractivity contribution >= 4 is 5.78 Å². The van der Waals surface area contributed by atoms with Gasteiger partial charge in [0.1, 0.15) is 0 Å². The Hall–Kier alpha value is -0.630. The van der Waals surface area contributed by atoms with Crippen molar-refractivity contribution in [2.45, 2.75) is 40.0 Å². The predicted octanol–water partition coefficient (Wildman–Crippen LogP) is 2.32. The molecular formula is C13H20O2. The van der Waals surface area contributed by atoms with Gasteiger partial charge < -0.3 is 5.11 Å². The van der Waals surface area contributed by atoms with E-state index in [2.05, 4.69) is 20.8 Å². The van der Waals surface area contributed by atoms with Gasteiger partial charge in [-0.15, -0.1) is 0 Å². The number of allylic oxidation sites excluding steroid dienone is 2. The van der Waals surface area contributed by atoms with Gasteiger partial charge >= 0.3 is 0 Å². The molecule has 0 heterocycles. The van der Waals surface area contributed by atoms with Crippen molar-refractivity contribution in [3.05, 3.63) is 11.1 Å². The number of Topliss-reactive ketones (excluding diaryl/α,β-unsaturated/α-hetero) is 1. The highest BCUT2D eigenvalue weighted by atomic mass is 16.3. The minimum absolute atomic E-state index is 0.222. The van der Waals surface area contributed by atoms with E-state index < -0.39 is 0 Å². The fourth-order valence-corrected chi connectivity index (χ4v) is 3.24. The molecule has 0 saturated heterocycles. The molecule has 0 aromatic heterocycles. The van der Waals surface area contributed by atoms with Crippen LogP contribution in [-0.4, -0.2) is 17.5 Å². The Kier molecular flexibility index (Phi) is 2.50. The lowest BCUT2D eigenvalue weighted by Crippen LogP contribution is -2.03. The van der Waals surface area contributed by atoms with Crippen LogP contribution in [0.3, 0.4) is 0 Å². The van der Waals surface area contributed by atoms with E-state index >= 15 is 0 Å². The molecule has 0 radical (unpaired) electrons. The molecule has 2 atom stereocenters. The van der Waals surface area contributed by atoms with Crippen molar-refractivity contribution in [3.63, 3.8) is 0 Å². The average molecular weight is 208 g/mol. The van der Waals surface area contributed by atoms with Gasteiger partial charge in [0.2, 0.25) is 0 Å². The lowest BCUT2D eigenvalue weighted by molar-refractivity contribution is -0.115. The van der Waals surface area contributed by atoms with Crippen LogP contribution in [0.15, 0.2) is 11.1 Å². The molecule has 2 nitrogen and oxygen atoms in total. The molecule has 1 N–H and O–H groups in total. The predicted molar refractivity (Wildman–Crippen MR) is 59.4 cm³/mol. The standard InChI is InChI=1S/C13H20O2/c1-8-4-5-10(15)11(8)12-9(6-7-14)13(12,2)3/h9,12,14H,4-7H2,1-3H3. The molecule has 2 rings (SSSR count). The summed E-state index contributed by atoms with van der Waals surface area (Å²) in [6.07, 6.45) is 2.49. The number of ketones is 1. The highest BCUT2D eigenvalue weighted by molar-refractivity contribution is 5.99. The number of rotatable bonds is 3. The van der Waals surface area contributed by atoms with Gasteiger partial charge in [0.15, 0.2) is 5.78 Å². The van der Waals surface area contributed by atoms with Gasteiger partial charge in [-0.3, -0.25) is 4.79 Å². The molecule has 2 aliphatic carbocycles. The van der Waals surface area contributed by atoms with Crippen LogP contribution in [0.1, 0.15) is 40.0 Å². The van der Waals surface area contributed by atoms with Crippen LogP contribution in [0.5, 0.6) is 0 Å². The number of hydrogen-bond donors (Lipinski definition) is 1. The first-order valence-electron chi connectivity index (χ1n) is 5.84. The maximum absolute atomic E-state index is 11.8. The molecule has 2 aliphatic rings. The lowest BCUT2D eigenvalue weighted by Gasteiger charge is -2.04. The molecule has 0 spiro atoms. The summed E-state index contributed by atoms with van der Waals surface area (Å²) in [4.78, 5) is 11.8. The van der Waals surface area contributed by atoms with Crippen LogP contribution in [-0.2, 0) is 4.79 Å². The molecule has 2 heteroatoms. The maximum atomic E-state index is 11.8. The highest BCUT2D eigenvalue weighted by Gasteiger charge is 2.60. The molecule has 0 aromatic rings. The van der Waals surface area contributed by atoms with E-state index in [9.17, 15) is 4.79 Å². The van der Waals surface area contributed by atoms with Gasteiger partial charge in [-0.05, 0) is 42.6 Å². The van der Waals surface area contributed by atoms with Crippen LogP contribution in [0.4, 0.5) is 0 Å². The number of carbonyl (C=O) groups excluding carboxylic acids is 1. The van der Waals surface area contributed by atoms with Gasteiger partial charge in [-0.2, -0.15) is 0 Å². The summed E-state index contributed by atoms with van der Waals surface area (Å²) in [5, 5.41) is 9.00. The van der Waals surface area contributed by atoms with Crippen molar-refractivity contribution < 1.29 is 9.90 Å². The zero-order valence-corrected chi connectivity index (χ0v) is 9.84. The Labute approximate surface area is 91.4 Å². The summed E-state index contributed by atoms with van der Waals surface area (Å²) < 4.78 is 0. The van der Waals surface area contributed by atoms with E-state index in [4.69, 9.17) is 5.11 Å². The fraction of sp³-hybridized carbons (Fsp3) is 0.769. The fourth-order valence-electron chi connectivity index (χ4n) is 3.24. The maximum Gasteiger partial charge on any atom is 0.159 e. The molecular weight excluding hydrogens is 188 g/mol. The first-order chi connectivity index (χ1) is 7.00. The second kappa shape index (κ2) is 3.44. The van der Waals surface area contributed by atoms with Crippen molar-refractivity contribution in [3.8, 4) is 0 Å².